The fraction of sp³-hybridized carbons (Fsp3) is 0.741. The van der Waals surface area contributed by atoms with Crippen molar-refractivity contribution in [2.24, 2.45) is 17.8 Å². The fourth-order valence-corrected chi connectivity index (χ4v) is 6.91. The Labute approximate surface area is 207 Å². The lowest BCUT2D eigenvalue weighted by molar-refractivity contribution is -0.157. The van der Waals surface area contributed by atoms with Gasteiger partial charge in [-0.15, -0.1) is 0 Å². The maximum Gasteiger partial charge on any atom is 0.312 e. The van der Waals surface area contributed by atoms with Crippen LogP contribution in [0.5, 0.6) is 0 Å². The molecule has 4 heterocycles. The zero-order chi connectivity index (χ0) is 24.7. The molecule has 0 aromatic heterocycles. The minimum absolute atomic E-state index is 0.0776. The lowest BCUT2D eigenvalue weighted by Crippen LogP contribution is -2.60. The molecule has 0 aromatic carbocycles. The summed E-state index contributed by atoms with van der Waals surface area (Å²) in [5.74, 6) is -2.66. The van der Waals surface area contributed by atoms with E-state index >= 15 is 0 Å². The Morgan fingerprint density at radius 2 is 1.86 bits per heavy atom. The Kier molecular flexibility index (Phi) is 6.79. The highest BCUT2D eigenvalue weighted by molar-refractivity contribution is 5.99. The largest absolute Gasteiger partial charge is 0.465 e. The highest BCUT2D eigenvalue weighted by Crippen LogP contribution is 2.54. The summed E-state index contributed by atoms with van der Waals surface area (Å²) in [6, 6.07) is -1.34. The van der Waals surface area contributed by atoms with Crippen molar-refractivity contribution in [1.82, 2.24) is 9.80 Å². The molecule has 2 saturated heterocycles. The van der Waals surface area contributed by atoms with Gasteiger partial charge >= 0.3 is 5.97 Å². The molecule has 6 atom stereocenters. The third-order valence-corrected chi connectivity index (χ3v) is 8.65. The minimum Gasteiger partial charge on any atom is -0.465 e. The molecule has 1 spiro atoms. The van der Waals surface area contributed by atoms with Crippen LogP contribution in [0.3, 0.4) is 0 Å². The standard InChI is InChI=1S/C27H38N2O6/c1-17(2)19(16-30)29-23-25(32)28(18-10-5-3-6-11-18)14-9-13-27(23)22(24(29)31)21-20(35-27)12-7-4-8-15-34-26(21)33/h7,9,12-13,17-23,30H,3-6,8,10-11,14-16H2,1-2H3/b12-7-/t19-,20-,21+,22-,23?,27-/m0/s1. The van der Waals surface area contributed by atoms with Crippen molar-refractivity contribution < 1.29 is 29.0 Å². The highest BCUT2D eigenvalue weighted by Gasteiger charge is 2.72. The normalized spacial score (nSPS) is 37.7. The summed E-state index contributed by atoms with van der Waals surface area (Å²) in [6.07, 6.45) is 13.7. The average molecular weight is 487 g/mol. The van der Waals surface area contributed by atoms with Crippen LogP contribution in [-0.2, 0) is 23.9 Å². The first-order valence-corrected chi connectivity index (χ1v) is 13.3. The van der Waals surface area contributed by atoms with Crippen LogP contribution in [0, 0.1) is 17.8 Å². The number of rotatable bonds is 4. The lowest BCUT2D eigenvalue weighted by Gasteiger charge is -2.42. The van der Waals surface area contributed by atoms with E-state index in [-0.39, 0.29) is 30.4 Å². The molecule has 1 aliphatic carbocycles. The van der Waals surface area contributed by atoms with Crippen LogP contribution < -0.4 is 0 Å². The van der Waals surface area contributed by atoms with Gasteiger partial charge in [0.2, 0.25) is 11.8 Å². The number of allylic oxidation sites excluding steroid dienone is 1. The first-order chi connectivity index (χ1) is 16.9. The molecule has 1 N–H and O–H groups in total. The van der Waals surface area contributed by atoms with Crippen molar-refractivity contribution in [2.45, 2.75) is 88.6 Å². The second kappa shape index (κ2) is 9.69. The summed E-state index contributed by atoms with van der Waals surface area (Å²) >= 11 is 0. The zero-order valence-corrected chi connectivity index (χ0v) is 20.8. The quantitative estimate of drug-likeness (QED) is 0.484. The number of ether oxygens (including phenoxy) is 2. The third-order valence-electron chi connectivity index (χ3n) is 8.65. The molecule has 8 heteroatoms. The molecule has 5 rings (SSSR count). The van der Waals surface area contributed by atoms with Gasteiger partial charge in [-0.25, -0.2) is 0 Å². The SMILES string of the molecule is CC(C)[C@H](CO)N1C(=O)[C@@H]2[C@@H]3C(=O)OCCC/C=C\[C@@H]3O[C@@]23C=CCN(C2CCCCC2)C(=O)C13. The second-order valence-corrected chi connectivity index (χ2v) is 11.0. The smallest absolute Gasteiger partial charge is 0.312 e. The molecule has 192 valence electrons. The van der Waals surface area contributed by atoms with E-state index in [1.807, 2.05) is 43.1 Å². The number of hydrogen-bond donors (Lipinski definition) is 1. The number of hydrogen-bond acceptors (Lipinski definition) is 6. The zero-order valence-electron chi connectivity index (χ0n) is 20.8. The molecule has 0 bridgehead atoms. The number of carbonyl (C=O) groups excluding carboxylic acids is 3. The molecule has 4 aliphatic heterocycles. The maximum atomic E-state index is 14.3. The van der Waals surface area contributed by atoms with E-state index < -0.39 is 41.6 Å². The first-order valence-electron chi connectivity index (χ1n) is 13.3. The third kappa shape index (κ3) is 3.93. The van der Waals surface area contributed by atoms with Crippen LogP contribution in [-0.4, -0.2) is 82.3 Å². The minimum atomic E-state index is -1.27. The molecule has 2 amide bonds. The second-order valence-electron chi connectivity index (χ2n) is 11.0. The van der Waals surface area contributed by atoms with E-state index in [0.29, 0.717) is 13.2 Å². The number of amides is 2. The van der Waals surface area contributed by atoms with Crippen molar-refractivity contribution >= 4 is 17.8 Å². The molecule has 1 saturated carbocycles. The summed E-state index contributed by atoms with van der Waals surface area (Å²) in [4.78, 5) is 45.2. The van der Waals surface area contributed by atoms with Crippen molar-refractivity contribution in [3.63, 3.8) is 0 Å². The van der Waals surface area contributed by atoms with Crippen LogP contribution in [0.15, 0.2) is 24.3 Å². The number of fused-ring (bicyclic) bond motifs is 2. The van der Waals surface area contributed by atoms with E-state index in [4.69, 9.17) is 9.47 Å². The molecule has 1 unspecified atom stereocenters. The van der Waals surface area contributed by atoms with Crippen LogP contribution in [0.25, 0.3) is 0 Å². The first kappa shape index (κ1) is 24.5. The van der Waals surface area contributed by atoms with Crippen LogP contribution in [0.4, 0.5) is 0 Å². The average Bonchev–Trinajstić information content (AvgIpc) is 3.25. The lowest BCUT2D eigenvalue weighted by atomic mass is 9.78. The molecule has 35 heavy (non-hydrogen) atoms. The van der Waals surface area contributed by atoms with E-state index in [0.717, 1.165) is 38.5 Å². The number of likely N-dealkylation sites (tertiary alicyclic amines) is 1. The summed E-state index contributed by atoms with van der Waals surface area (Å²) < 4.78 is 12.2. The number of nitrogens with zero attached hydrogens (tertiary/aromatic N) is 2. The van der Waals surface area contributed by atoms with Gasteiger partial charge < -0.3 is 24.4 Å². The number of aliphatic hydroxyl groups excluding tert-OH is 1. The van der Waals surface area contributed by atoms with Crippen LogP contribution >= 0.6 is 0 Å². The van der Waals surface area contributed by atoms with E-state index in [1.165, 1.54) is 6.42 Å². The maximum absolute atomic E-state index is 14.3. The Bertz CT molecular complexity index is 909. The van der Waals surface area contributed by atoms with Gasteiger partial charge in [0.1, 0.15) is 17.6 Å². The molecule has 0 aromatic rings. The molecule has 8 nitrogen and oxygen atoms in total. The predicted molar refractivity (Wildman–Crippen MR) is 128 cm³/mol. The summed E-state index contributed by atoms with van der Waals surface area (Å²) in [6.45, 7) is 4.36. The van der Waals surface area contributed by atoms with Gasteiger partial charge in [0.15, 0.2) is 0 Å². The van der Waals surface area contributed by atoms with Gasteiger partial charge in [-0.3, -0.25) is 14.4 Å². The molecule has 3 fully saturated rings. The Morgan fingerprint density at radius 3 is 2.57 bits per heavy atom. The van der Waals surface area contributed by atoms with E-state index in [9.17, 15) is 19.5 Å². The molecule has 5 aliphatic rings. The van der Waals surface area contributed by atoms with E-state index in [1.54, 1.807) is 4.90 Å². The number of aliphatic hydroxyl groups is 1. The number of carbonyl (C=O) groups is 3. The van der Waals surface area contributed by atoms with Crippen molar-refractivity contribution in [1.29, 1.82) is 0 Å². The van der Waals surface area contributed by atoms with Gasteiger partial charge in [0, 0.05) is 12.6 Å². The topological polar surface area (TPSA) is 96.4 Å². The summed E-state index contributed by atoms with van der Waals surface area (Å²) in [7, 11) is 0. The number of esters is 1. The van der Waals surface area contributed by atoms with Gasteiger partial charge in [-0.05, 0) is 31.6 Å². The van der Waals surface area contributed by atoms with Crippen molar-refractivity contribution in [3.05, 3.63) is 24.3 Å². The Balaban J connectivity index is 1.61. The van der Waals surface area contributed by atoms with Gasteiger partial charge in [0.25, 0.3) is 0 Å². The van der Waals surface area contributed by atoms with Crippen molar-refractivity contribution in [2.75, 3.05) is 19.8 Å². The molecular weight excluding hydrogens is 448 g/mol. The monoisotopic (exact) mass is 486 g/mol. The van der Waals surface area contributed by atoms with Crippen LogP contribution in [0.2, 0.25) is 0 Å². The van der Waals surface area contributed by atoms with E-state index in [2.05, 4.69) is 0 Å². The van der Waals surface area contributed by atoms with Gasteiger partial charge in [-0.1, -0.05) is 57.4 Å². The summed E-state index contributed by atoms with van der Waals surface area (Å²) in [5, 5.41) is 10.3. The van der Waals surface area contributed by atoms with Gasteiger partial charge in [-0.2, -0.15) is 0 Å². The molecular formula is C27H38N2O6. The predicted octanol–water partition coefficient (Wildman–Crippen LogP) is 2.21. The fourth-order valence-electron chi connectivity index (χ4n) is 6.91. The van der Waals surface area contributed by atoms with Gasteiger partial charge in [0.05, 0.1) is 31.3 Å². The number of cyclic esters (lactones) is 1. The Morgan fingerprint density at radius 1 is 1.09 bits per heavy atom. The summed E-state index contributed by atoms with van der Waals surface area (Å²) in [5.41, 5.74) is -1.27. The Hall–Kier alpha value is -2.19. The highest BCUT2D eigenvalue weighted by atomic mass is 16.6. The molecule has 0 radical (unpaired) electrons. The van der Waals surface area contributed by atoms with Crippen LogP contribution in [0.1, 0.15) is 58.8 Å². The van der Waals surface area contributed by atoms with Crippen molar-refractivity contribution in [3.8, 4) is 0 Å².